The van der Waals surface area contributed by atoms with Crippen LogP contribution in [-0.2, 0) is 25.9 Å². The zero-order valence-electron chi connectivity index (χ0n) is 10.6. The van der Waals surface area contributed by atoms with Crippen molar-refractivity contribution in [2.75, 3.05) is 0 Å². The molecule has 0 unspecified atom stereocenters. The molecular weight excluding hydrogens is 262 g/mol. The van der Waals surface area contributed by atoms with Gasteiger partial charge in [-0.25, -0.2) is 4.98 Å². The molecule has 0 amide bonds. The first-order valence-corrected chi connectivity index (χ1v) is 6.64. The number of nitrogens with zero attached hydrogens (tertiary/aromatic N) is 5. The third kappa shape index (κ3) is 2.33. The fourth-order valence-electron chi connectivity index (χ4n) is 2.23. The molecule has 3 aromatic rings. The minimum absolute atomic E-state index is 0.404. The Morgan fingerprint density at radius 2 is 2.21 bits per heavy atom. The van der Waals surface area contributed by atoms with E-state index in [4.69, 9.17) is 11.6 Å². The van der Waals surface area contributed by atoms with Crippen molar-refractivity contribution >= 4 is 22.6 Å². The van der Waals surface area contributed by atoms with Crippen LogP contribution in [0.25, 0.3) is 11.0 Å². The van der Waals surface area contributed by atoms with Crippen molar-refractivity contribution in [2.24, 2.45) is 7.05 Å². The SMILES string of the molecule is Cn1cc(CCn2c(CCl)nc3cnccc32)cn1. The molecule has 6 heteroatoms. The van der Waals surface area contributed by atoms with Crippen molar-refractivity contribution in [3.05, 3.63) is 42.2 Å². The lowest BCUT2D eigenvalue weighted by atomic mass is 10.2. The summed E-state index contributed by atoms with van der Waals surface area (Å²) in [7, 11) is 1.92. The number of halogens is 1. The Morgan fingerprint density at radius 3 is 2.95 bits per heavy atom. The van der Waals surface area contributed by atoms with Gasteiger partial charge in [0.1, 0.15) is 11.3 Å². The molecule has 3 aromatic heterocycles. The highest BCUT2D eigenvalue weighted by Crippen LogP contribution is 2.17. The van der Waals surface area contributed by atoms with Crippen LogP contribution in [0.4, 0.5) is 0 Å². The largest absolute Gasteiger partial charge is 0.327 e. The maximum absolute atomic E-state index is 5.97. The Labute approximate surface area is 115 Å². The van der Waals surface area contributed by atoms with Crippen LogP contribution in [0.3, 0.4) is 0 Å². The van der Waals surface area contributed by atoms with Crippen molar-refractivity contribution < 1.29 is 0 Å². The van der Waals surface area contributed by atoms with E-state index in [9.17, 15) is 0 Å². The van der Waals surface area contributed by atoms with E-state index in [1.165, 1.54) is 5.56 Å². The molecule has 0 saturated heterocycles. The average molecular weight is 276 g/mol. The van der Waals surface area contributed by atoms with E-state index in [1.54, 1.807) is 12.4 Å². The zero-order valence-corrected chi connectivity index (χ0v) is 11.4. The molecule has 0 atom stereocenters. The molecule has 0 aliphatic heterocycles. The predicted molar refractivity (Wildman–Crippen MR) is 74.0 cm³/mol. The second-order valence-corrected chi connectivity index (χ2v) is 4.72. The standard InChI is InChI=1S/C13H14ClN5/c1-18-9-10(7-16-18)3-5-19-12-2-4-15-8-11(12)17-13(19)6-14/h2,4,7-9H,3,5-6H2,1H3. The first kappa shape index (κ1) is 12.2. The molecule has 0 N–H and O–H groups in total. The quantitative estimate of drug-likeness (QED) is 0.686. The molecule has 0 saturated carbocycles. The molecule has 3 heterocycles. The predicted octanol–water partition coefficient (Wildman–Crippen LogP) is 2.15. The molecule has 0 aromatic carbocycles. The highest BCUT2D eigenvalue weighted by molar-refractivity contribution is 6.16. The number of alkyl halides is 1. The van der Waals surface area contributed by atoms with Gasteiger partial charge in [0.05, 0.1) is 23.8 Å². The van der Waals surface area contributed by atoms with Gasteiger partial charge in [-0.05, 0) is 18.1 Å². The number of hydrogen-bond donors (Lipinski definition) is 0. The maximum atomic E-state index is 5.97. The molecule has 19 heavy (non-hydrogen) atoms. The van der Waals surface area contributed by atoms with Gasteiger partial charge >= 0.3 is 0 Å². The Morgan fingerprint density at radius 1 is 1.32 bits per heavy atom. The maximum Gasteiger partial charge on any atom is 0.124 e. The van der Waals surface area contributed by atoms with Crippen LogP contribution in [0.5, 0.6) is 0 Å². The van der Waals surface area contributed by atoms with Crippen molar-refractivity contribution in [1.82, 2.24) is 24.3 Å². The van der Waals surface area contributed by atoms with E-state index >= 15 is 0 Å². The number of hydrogen-bond acceptors (Lipinski definition) is 3. The normalized spacial score (nSPS) is 11.3. The number of imidazole rings is 1. The van der Waals surface area contributed by atoms with Gasteiger partial charge in [0.2, 0.25) is 0 Å². The van der Waals surface area contributed by atoms with Crippen LogP contribution in [-0.4, -0.2) is 24.3 Å². The molecular formula is C13H14ClN5. The van der Waals surface area contributed by atoms with E-state index in [2.05, 4.69) is 19.6 Å². The van der Waals surface area contributed by atoms with Gasteiger partial charge < -0.3 is 4.57 Å². The molecule has 0 radical (unpaired) electrons. The number of pyridine rings is 1. The van der Waals surface area contributed by atoms with Crippen LogP contribution in [0.2, 0.25) is 0 Å². The highest BCUT2D eigenvalue weighted by Gasteiger charge is 2.09. The lowest BCUT2D eigenvalue weighted by Gasteiger charge is -2.06. The van der Waals surface area contributed by atoms with Crippen LogP contribution in [0, 0.1) is 0 Å². The van der Waals surface area contributed by atoms with Crippen LogP contribution < -0.4 is 0 Å². The van der Waals surface area contributed by atoms with Crippen molar-refractivity contribution in [3.63, 3.8) is 0 Å². The summed E-state index contributed by atoms with van der Waals surface area (Å²) < 4.78 is 3.96. The molecule has 3 rings (SSSR count). The van der Waals surface area contributed by atoms with E-state index in [1.807, 2.05) is 30.2 Å². The van der Waals surface area contributed by atoms with Crippen LogP contribution in [0.1, 0.15) is 11.4 Å². The summed E-state index contributed by atoms with van der Waals surface area (Å²) in [6, 6.07) is 1.97. The topological polar surface area (TPSA) is 48.5 Å². The summed E-state index contributed by atoms with van der Waals surface area (Å²) in [5, 5.41) is 4.18. The molecule has 5 nitrogen and oxygen atoms in total. The third-order valence-electron chi connectivity index (χ3n) is 3.13. The Hall–Kier alpha value is -1.88. The first-order valence-electron chi connectivity index (χ1n) is 6.10. The smallest absolute Gasteiger partial charge is 0.124 e. The summed E-state index contributed by atoms with van der Waals surface area (Å²) >= 11 is 5.97. The van der Waals surface area contributed by atoms with Crippen molar-refractivity contribution in [1.29, 1.82) is 0 Å². The van der Waals surface area contributed by atoms with Gasteiger partial charge in [0, 0.05) is 26.0 Å². The Bertz CT molecular complexity index is 700. The lowest BCUT2D eigenvalue weighted by Crippen LogP contribution is -2.04. The van der Waals surface area contributed by atoms with E-state index in [0.717, 1.165) is 29.8 Å². The number of rotatable bonds is 4. The number of fused-ring (bicyclic) bond motifs is 1. The highest BCUT2D eigenvalue weighted by atomic mass is 35.5. The molecule has 0 aliphatic rings. The van der Waals surface area contributed by atoms with E-state index in [-0.39, 0.29) is 0 Å². The Kier molecular flexibility index (Phi) is 3.21. The number of aromatic nitrogens is 5. The van der Waals surface area contributed by atoms with E-state index < -0.39 is 0 Å². The zero-order chi connectivity index (χ0) is 13.2. The van der Waals surface area contributed by atoms with Crippen molar-refractivity contribution in [2.45, 2.75) is 18.8 Å². The van der Waals surface area contributed by atoms with Crippen LogP contribution >= 0.6 is 11.6 Å². The summed E-state index contributed by atoms with van der Waals surface area (Å²) in [6.07, 6.45) is 8.38. The molecule has 0 fully saturated rings. The minimum atomic E-state index is 0.404. The molecule has 0 spiro atoms. The first-order chi connectivity index (χ1) is 9.28. The monoisotopic (exact) mass is 275 g/mol. The van der Waals surface area contributed by atoms with Gasteiger partial charge in [-0.15, -0.1) is 11.6 Å². The molecule has 98 valence electrons. The van der Waals surface area contributed by atoms with Gasteiger partial charge in [0.25, 0.3) is 0 Å². The van der Waals surface area contributed by atoms with Gasteiger partial charge in [-0.3, -0.25) is 9.67 Å². The Balaban J connectivity index is 1.90. The summed E-state index contributed by atoms with van der Waals surface area (Å²) in [6.45, 7) is 0.842. The average Bonchev–Trinajstić information content (AvgIpc) is 2.99. The fraction of sp³-hybridized carbons (Fsp3) is 0.308. The van der Waals surface area contributed by atoms with Crippen LogP contribution in [0.15, 0.2) is 30.9 Å². The minimum Gasteiger partial charge on any atom is -0.327 e. The lowest BCUT2D eigenvalue weighted by molar-refractivity contribution is 0.687. The van der Waals surface area contributed by atoms with Gasteiger partial charge in [-0.1, -0.05) is 0 Å². The van der Waals surface area contributed by atoms with E-state index in [0.29, 0.717) is 5.88 Å². The summed E-state index contributed by atoms with van der Waals surface area (Å²) in [5.41, 5.74) is 3.18. The second kappa shape index (κ2) is 5.01. The van der Waals surface area contributed by atoms with Crippen molar-refractivity contribution in [3.8, 4) is 0 Å². The summed E-state index contributed by atoms with van der Waals surface area (Å²) in [4.78, 5) is 8.59. The van der Waals surface area contributed by atoms with Gasteiger partial charge in [0.15, 0.2) is 0 Å². The molecule has 0 aliphatic carbocycles. The summed E-state index contributed by atoms with van der Waals surface area (Å²) in [5.74, 6) is 1.29. The second-order valence-electron chi connectivity index (χ2n) is 4.45. The fourth-order valence-corrected chi connectivity index (χ4v) is 2.43. The molecule has 0 bridgehead atoms. The third-order valence-corrected chi connectivity index (χ3v) is 3.37. The number of aryl methyl sites for hydroxylation is 3. The van der Waals surface area contributed by atoms with Gasteiger partial charge in [-0.2, -0.15) is 5.10 Å².